The van der Waals surface area contributed by atoms with Gasteiger partial charge < -0.3 is 4.74 Å². The fourth-order valence-corrected chi connectivity index (χ4v) is 1.97. The van der Waals surface area contributed by atoms with Crippen LogP contribution >= 0.6 is 15.9 Å². The van der Waals surface area contributed by atoms with Crippen molar-refractivity contribution in [1.82, 2.24) is 5.43 Å². The second-order valence-corrected chi connectivity index (χ2v) is 5.28. The van der Waals surface area contributed by atoms with Crippen molar-refractivity contribution in [3.8, 4) is 5.75 Å². The standard InChI is InChI=1S/C16H15BrN2O2/c1-12-6-8-13(9-7-12)10-18-19-16(20)11-21-15-5-3-2-4-14(15)17/h2-10H,11H2,1H3,(H,19,20)/b18-10+. The summed E-state index contributed by atoms with van der Waals surface area (Å²) in [4.78, 5) is 11.6. The van der Waals surface area contributed by atoms with E-state index in [4.69, 9.17) is 4.74 Å². The minimum absolute atomic E-state index is 0.0894. The molecule has 1 N–H and O–H groups in total. The van der Waals surface area contributed by atoms with Crippen molar-refractivity contribution >= 4 is 28.1 Å². The number of amides is 1. The van der Waals surface area contributed by atoms with Gasteiger partial charge in [-0.25, -0.2) is 5.43 Å². The number of nitrogens with one attached hydrogen (secondary N) is 1. The summed E-state index contributed by atoms with van der Waals surface area (Å²) in [6, 6.07) is 15.2. The summed E-state index contributed by atoms with van der Waals surface area (Å²) in [5.74, 6) is 0.310. The van der Waals surface area contributed by atoms with E-state index in [1.807, 2.05) is 49.4 Å². The normalized spacial score (nSPS) is 10.6. The van der Waals surface area contributed by atoms with Gasteiger partial charge in [-0.05, 0) is 40.5 Å². The number of hydrogen-bond donors (Lipinski definition) is 1. The van der Waals surface area contributed by atoms with Crippen LogP contribution in [0.4, 0.5) is 0 Å². The van der Waals surface area contributed by atoms with Gasteiger partial charge in [0.05, 0.1) is 10.7 Å². The SMILES string of the molecule is Cc1ccc(/C=N/NC(=O)COc2ccccc2Br)cc1. The molecule has 0 aromatic heterocycles. The van der Waals surface area contributed by atoms with Crippen molar-refractivity contribution in [2.24, 2.45) is 5.10 Å². The molecule has 1 amide bonds. The quantitative estimate of drug-likeness (QED) is 0.667. The smallest absolute Gasteiger partial charge is 0.277 e. The van der Waals surface area contributed by atoms with E-state index in [-0.39, 0.29) is 12.5 Å². The fraction of sp³-hybridized carbons (Fsp3) is 0.125. The van der Waals surface area contributed by atoms with Gasteiger partial charge in [0.15, 0.2) is 6.61 Å². The molecule has 0 aliphatic carbocycles. The van der Waals surface area contributed by atoms with Crippen molar-refractivity contribution in [2.75, 3.05) is 6.61 Å². The molecule has 0 aliphatic heterocycles. The molecule has 0 fully saturated rings. The second kappa shape index (κ2) is 7.59. The Morgan fingerprint density at radius 1 is 1.24 bits per heavy atom. The average molecular weight is 347 g/mol. The minimum atomic E-state index is -0.311. The molecule has 0 aliphatic rings. The monoisotopic (exact) mass is 346 g/mol. The number of benzene rings is 2. The molecular formula is C16H15BrN2O2. The largest absolute Gasteiger partial charge is 0.483 e. The highest BCUT2D eigenvalue weighted by atomic mass is 79.9. The Balaban J connectivity index is 1.80. The lowest BCUT2D eigenvalue weighted by molar-refractivity contribution is -0.123. The van der Waals surface area contributed by atoms with E-state index in [0.717, 1.165) is 10.0 Å². The third kappa shape index (κ3) is 5.04. The highest BCUT2D eigenvalue weighted by Crippen LogP contribution is 2.23. The molecule has 0 radical (unpaired) electrons. The van der Waals surface area contributed by atoms with E-state index in [1.54, 1.807) is 12.3 Å². The highest BCUT2D eigenvalue weighted by molar-refractivity contribution is 9.10. The Bertz CT molecular complexity index is 639. The summed E-state index contributed by atoms with van der Waals surface area (Å²) < 4.78 is 6.19. The molecule has 21 heavy (non-hydrogen) atoms. The Hall–Kier alpha value is -2.14. The molecule has 0 spiro atoms. The molecule has 0 atom stereocenters. The van der Waals surface area contributed by atoms with Crippen LogP contribution in [0.1, 0.15) is 11.1 Å². The number of carbonyl (C=O) groups is 1. The second-order valence-electron chi connectivity index (χ2n) is 4.42. The molecule has 0 bridgehead atoms. The molecule has 108 valence electrons. The Morgan fingerprint density at radius 2 is 1.95 bits per heavy atom. The average Bonchev–Trinajstić information content (AvgIpc) is 2.48. The summed E-state index contributed by atoms with van der Waals surface area (Å²) in [6.07, 6.45) is 1.59. The molecule has 2 aromatic carbocycles. The van der Waals surface area contributed by atoms with E-state index in [1.165, 1.54) is 5.56 Å². The first kappa shape index (κ1) is 15.3. The first-order valence-electron chi connectivity index (χ1n) is 6.41. The third-order valence-corrected chi connectivity index (χ3v) is 3.33. The van der Waals surface area contributed by atoms with Crippen LogP contribution in [-0.2, 0) is 4.79 Å². The van der Waals surface area contributed by atoms with Gasteiger partial charge in [-0.15, -0.1) is 0 Å². The van der Waals surface area contributed by atoms with Crippen LogP contribution in [0.3, 0.4) is 0 Å². The van der Waals surface area contributed by atoms with Crippen molar-refractivity contribution < 1.29 is 9.53 Å². The first-order valence-corrected chi connectivity index (χ1v) is 7.20. The highest BCUT2D eigenvalue weighted by Gasteiger charge is 2.03. The predicted molar refractivity (Wildman–Crippen MR) is 86.6 cm³/mol. The van der Waals surface area contributed by atoms with Crippen molar-refractivity contribution in [3.05, 3.63) is 64.1 Å². The van der Waals surface area contributed by atoms with Crippen LogP contribution in [0.2, 0.25) is 0 Å². The van der Waals surface area contributed by atoms with Crippen molar-refractivity contribution in [3.63, 3.8) is 0 Å². The zero-order chi connectivity index (χ0) is 15.1. The first-order chi connectivity index (χ1) is 10.1. The number of carbonyl (C=O) groups excluding carboxylic acids is 1. The molecule has 2 rings (SSSR count). The molecule has 5 heteroatoms. The number of aryl methyl sites for hydroxylation is 1. The number of hydrazone groups is 1. The lowest BCUT2D eigenvalue weighted by Gasteiger charge is -2.06. The van der Waals surface area contributed by atoms with Crippen LogP contribution in [-0.4, -0.2) is 18.7 Å². The lowest BCUT2D eigenvalue weighted by atomic mass is 10.2. The Kier molecular flexibility index (Phi) is 5.51. The number of ether oxygens (including phenoxy) is 1. The third-order valence-electron chi connectivity index (χ3n) is 2.68. The van der Waals surface area contributed by atoms with Gasteiger partial charge in [-0.1, -0.05) is 42.0 Å². The Labute approximate surface area is 132 Å². The van der Waals surface area contributed by atoms with Gasteiger partial charge in [0.2, 0.25) is 0 Å². The number of para-hydroxylation sites is 1. The van der Waals surface area contributed by atoms with E-state index < -0.39 is 0 Å². The molecule has 0 heterocycles. The van der Waals surface area contributed by atoms with Crippen LogP contribution in [0.25, 0.3) is 0 Å². The molecular weight excluding hydrogens is 332 g/mol. The number of halogens is 1. The summed E-state index contributed by atoms with van der Waals surface area (Å²) in [5.41, 5.74) is 4.53. The molecule has 4 nitrogen and oxygen atoms in total. The maximum Gasteiger partial charge on any atom is 0.277 e. The summed E-state index contributed by atoms with van der Waals surface area (Å²) in [6.45, 7) is 1.93. The van der Waals surface area contributed by atoms with E-state index in [0.29, 0.717) is 5.75 Å². The number of rotatable bonds is 5. The molecule has 0 saturated heterocycles. The maximum absolute atomic E-state index is 11.6. The zero-order valence-electron chi connectivity index (χ0n) is 11.5. The molecule has 0 unspecified atom stereocenters. The predicted octanol–water partition coefficient (Wildman–Crippen LogP) is 3.29. The minimum Gasteiger partial charge on any atom is -0.483 e. The van der Waals surface area contributed by atoms with Gasteiger partial charge in [0.25, 0.3) is 5.91 Å². The maximum atomic E-state index is 11.6. The van der Waals surface area contributed by atoms with Crippen LogP contribution in [0.15, 0.2) is 58.1 Å². The van der Waals surface area contributed by atoms with Gasteiger partial charge in [-0.3, -0.25) is 4.79 Å². The van der Waals surface area contributed by atoms with Crippen LogP contribution < -0.4 is 10.2 Å². The van der Waals surface area contributed by atoms with E-state index >= 15 is 0 Å². The van der Waals surface area contributed by atoms with Gasteiger partial charge in [-0.2, -0.15) is 5.10 Å². The van der Waals surface area contributed by atoms with Crippen LogP contribution in [0.5, 0.6) is 5.75 Å². The van der Waals surface area contributed by atoms with Gasteiger partial charge in [0, 0.05) is 0 Å². The molecule has 0 saturated carbocycles. The van der Waals surface area contributed by atoms with E-state index in [9.17, 15) is 4.79 Å². The van der Waals surface area contributed by atoms with Crippen molar-refractivity contribution in [2.45, 2.75) is 6.92 Å². The fourth-order valence-electron chi connectivity index (χ4n) is 1.57. The van der Waals surface area contributed by atoms with E-state index in [2.05, 4.69) is 26.5 Å². The summed E-state index contributed by atoms with van der Waals surface area (Å²) in [7, 11) is 0. The molecule has 2 aromatic rings. The number of nitrogens with zero attached hydrogens (tertiary/aromatic N) is 1. The summed E-state index contributed by atoms with van der Waals surface area (Å²) >= 11 is 3.35. The van der Waals surface area contributed by atoms with Gasteiger partial charge >= 0.3 is 0 Å². The Morgan fingerprint density at radius 3 is 2.67 bits per heavy atom. The number of hydrogen-bond acceptors (Lipinski definition) is 3. The zero-order valence-corrected chi connectivity index (χ0v) is 13.1. The van der Waals surface area contributed by atoms with Crippen LogP contribution in [0, 0.1) is 6.92 Å². The summed E-state index contributed by atoms with van der Waals surface area (Å²) in [5, 5.41) is 3.89. The topological polar surface area (TPSA) is 50.7 Å². The van der Waals surface area contributed by atoms with Gasteiger partial charge in [0.1, 0.15) is 5.75 Å². The lowest BCUT2D eigenvalue weighted by Crippen LogP contribution is -2.24. The van der Waals surface area contributed by atoms with Crippen molar-refractivity contribution in [1.29, 1.82) is 0 Å².